The van der Waals surface area contributed by atoms with Gasteiger partial charge in [-0.25, -0.2) is 0 Å². The summed E-state index contributed by atoms with van der Waals surface area (Å²) in [5, 5.41) is 18.5. The molecule has 0 radical (unpaired) electrons. The van der Waals surface area contributed by atoms with Crippen molar-refractivity contribution in [2.75, 3.05) is 18.5 Å². The molecule has 1 amide bonds. The molecule has 3 heterocycles. The topological polar surface area (TPSA) is 119 Å². The Balaban J connectivity index is 1.67. The summed E-state index contributed by atoms with van der Waals surface area (Å²) in [6.45, 7) is 0.895. The number of nitrogens with zero attached hydrogens (tertiary/aromatic N) is 4. The molecule has 1 aliphatic heterocycles. The van der Waals surface area contributed by atoms with Gasteiger partial charge < -0.3 is 15.8 Å². The van der Waals surface area contributed by atoms with E-state index in [9.17, 15) is 10.1 Å². The van der Waals surface area contributed by atoms with Crippen molar-refractivity contribution in [1.82, 2.24) is 14.8 Å². The van der Waals surface area contributed by atoms with Gasteiger partial charge in [0.25, 0.3) is 5.91 Å². The zero-order valence-corrected chi connectivity index (χ0v) is 15.6. The number of benzene rings is 1. The van der Waals surface area contributed by atoms with Crippen LogP contribution < -0.4 is 11.1 Å². The van der Waals surface area contributed by atoms with Gasteiger partial charge in [0.15, 0.2) is 5.82 Å². The molecule has 0 aliphatic carbocycles. The van der Waals surface area contributed by atoms with Crippen molar-refractivity contribution >= 4 is 39.9 Å². The largest absolute Gasteiger partial charge is 0.379 e. The molecule has 1 aliphatic rings. The zero-order chi connectivity index (χ0) is 19.7. The van der Waals surface area contributed by atoms with E-state index in [-0.39, 0.29) is 17.5 Å². The summed E-state index contributed by atoms with van der Waals surface area (Å²) < 4.78 is 7.07. The Hall–Kier alpha value is -3.15. The Labute approximate surface area is 165 Å². The van der Waals surface area contributed by atoms with Crippen LogP contribution in [0.25, 0.3) is 10.9 Å². The van der Waals surface area contributed by atoms with Crippen LogP contribution in [-0.2, 0) is 4.74 Å². The maximum atomic E-state index is 11.9. The molecule has 142 valence electrons. The maximum Gasteiger partial charge on any atom is 0.254 e. The van der Waals surface area contributed by atoms with Crippen LogP contribution in [0, 0.1) is 17.2 Å². The number of nitrogens with two attached hydrogens (primary N) is 1. The smallest absolute Gasteiger partial charge is 0.254 e. The molecule has 0 spiro atoms. The van der Waals surface area contributed by atoms with Gasteiger partial charge in [-0.05, 0) is 24.6 Å². The first-order valence-electron chi connectivity index (χ1n) is 8.74. The van der Waals surface area contributed by atoms with E-state index >= 15 is 0 Å². The highest BCUT2D eigenvalue weighted by molar-refractivity contribution is 6.31. The number of carbonyl (C=O) groups excluding carboxylic acids is 1. The molecular formula is C19H17ClN6O2. The second-order valence-electron chi connectivity index (χ2n) is 6.59. The predicted octanol–water partition coefficient (Wildman–Crippen LogP) is 3.03. The Kier molecular flexibility index (Phi) is 4.86. The van der Waals surface area contributed by atoms with Crippen LogP contribution >= 0.6 is 11.6 Å². The molecule has 1 fully saturated rings. The molecule has 1 saturated heterocycles. The van der Waals surface area contributed by atoms with E-state index in [4.69, 9.17) is 22.1 Å². The summed E-state index contributed by atoms with van der Waals surface area (Å²) >= 11 is 5.99. The van der Waals surface area contributed by atoms with Gasteiger partial charge in [-0.2, -0.15) is 10.4 Å². The Morgan fingerprint density at radius 1 is 1.43 bits per heavy atom. The number of halogens is 1. The zero-order valence-electron chi connectivity index (χ0n) is 14.8. The number of pyridine rings is 1. The van der Waals surface area contributed by atoms with E-state index in [2.05, 4.69) is 21.5 Å². The molecule has 8 nitrogen and oxygen atoms in total. The lowest BCUT2D eigenvalue weighted by molar-refractivity contribution is 0.0342. The van der Waals surface area contributed by atoms with E-state index in [1.165, 1.54) is 0 Å². The van der Waals surface area contributed by atoms with Crippen molar-refractivity contribution < 1.29 is 9.53 Å². The van der Waals surface area contributed by atoms with Gasteiger partial charge in [-0.1, -0.05) is 17.7 Å². The van der Waals surface area contributed by atoms with E-state index in [0.29, 0.717) is 36.2 Å². The van der Waals surface area contributed by atoms with Crippen LogP contribution in [0.2, 0.25) is 5.02 Å². The van der Waals surface area contributed by atoms with Gasteiger partial charge in [-0.15, -0.1) is 0 Å². The van der Waals surface area contributed by atoms with Crippen LogP contribution in [-0.4, -0.2) is 33.9 Å². The highest BCUT2D eigenvalue weighted by atomic mass is 35.5. The van der Waals surface area contributed by atoms with Gasteiger partial charge in [0.05, 0.1) is 42.0 Å². The number of hydrogen-bond acceptors (Lipinski definition) is 6. The van der Waals surface area contributed by atoms with Crippen LogP contribution in [0.5, 0.6) is 0 Å². The number of nitrogens with one attached hydrogen (secondary N) is 1. The van der Waals surface area contributed by atoms with Crippen LogP contribution in [0.15, 0.2) is 36.7 Å². The van der Waals surface area contributed by atoms with Gasteiger partial charge in [0.1, 0.15) is 5.56 Å². The number of rotatable bonds is 4. The van der Waals surface area contributed by atoms with Crippen molar-refractivity contribution in [2.24, 2.45) is 11.7 Å². The molecule has 0 bridgehead atoms. The number of hydrogen-bond donors (Lipinski definition) is 2. The van der Waals surface area contributed by atoms with Gasteiger partial charge in [-0.3, -0.25) is 14.5 Å². The van der Waals surface area contributed by atoms with Crippen molar-refractivity contribution in [3.05, 3.63) is 47.2 Å². The van der Waals surface area contributed by atoms with Crippen molar-refractivity contribution in [2.45, 2.75) is 12.5 Å². The lowest BCUT2D eigenvalue weighted by Gasteiger charge is -2.26. The molecule has 28 heavy (non-hydrogen) atoms. The minimum atomic E-state index is -0.612. The van der Waals surface area contributed by atoms with E-state index in [1.54, 1.807) is 29.2 Å². The molecule has 2 aromatic heterocycles. The summed E-state index contributed by atoms with van der Waals surface area (Å²) in [4.78, 5) is 16.3. The Bertz CT molecular complexity index is 1090. The van der Waals surface area contributed by atoms with Crippen molar-refractivity contribution in [1.29, 1.82) is 5.26 Å². The molecule has 3 N–H and O–H groups in total. The van der Waals surface area contributed by atoms with Gasteiger partial charge >= 0.3 is 0 Å². The normalized spacial score (nSPS) is 19.3. The minimum absolute atomic E-state index is 0.235. The van der Waals surface area contributed by atoms with Gasteiger partial charge in [0, 0.05) is 23.2 Å². The highest BCUT2D eigenvalue weighted by Gasteiger charge is 2.29. The summed E-state index contributed by atoms with van der Waals surface area (Å²) in [5.41, 5.74) is 7.17. The number of carbonyl (C=O) groups is 1. The number of amides is 1. The summed E-state index contributed by atoms with van der Waals surface area (Å²) in [6, 6.07) is 9.31. The van der Waals surface area contributed by atoms with E-state index < -0.39 is 5.91 Å². The molecule has 0 saturated carbocycles. The average Bonchev–Trinajstić information content (AvgIpc) is 3.12. The van der Waals surface area contributed by atoms with Crippen LogP contribution in [0.1, 0.15) is 22.8 Å². The fourth-order valence-electron chi connectivity index (χ4n) is 3.27. The summed E-state index contributed by atoms with van der Waals surface area (Å²) in [5.74, 6) is -0.543. The summed E-state index contributed by atoms with van der Waals surface area (Å²) in [6.07, 6.45) is 3.81. The minimum Gasteiger partial charge on any atom is -0.379 e. The lowest BCUT2D eigenvalue weighted by Crippen LogP contribution is -2.29. The highest BCUT2D eigenvalue weighted by Crippen LogP contribution is 2.29. The molecule has 2 unspecified atom stereocenters. The standard InChI is InChI=1S/C19H17ClN6O2/c20-13-2-1-11-5-14(8-23-16(11)6-13)24-19-15(18(22)27)9-26(25-19)17-10-28-4-3-12(17)7-21/h1-2,5-6,8-9,12,17H,3-4,10H2,(H2,22,27)(H,24,25). The number of fused-ring (bicyclic) bond motifs is 1. The molecular weight excluding hydrogens is 380 g/mol. The first-order chi connectivity index (χ1) is 13.5. The lowest BCUT2D eigenvalue weighted by atomic mass is 9.97. The first-order valence-corrected chi connectivity index (χ1v) is 9.11. The summed E-state index contributed by atoms with van der Waals surface area (Å²) in [7, 11) is 0. The van der Waals surface area contributed by atoms with Crippen LogP contribution in [0.3, 0.4) is 0 Å². The molecule has 4 rings (SSSR count). The third kappa shape index (κ3) is 3.50. The number of primary amides is 1. The average molecular weight is 397 g/mol. The van der Waals surface area contributed by atoms with Gasteiger partial charge in [0.2, 0.25) is 0 Å². The number of aromatic nitrogens is 3. The predicted molar refractivity (Wildman–Crippen MR) is 104 cm³/mol. The second kappa shape index (κ2) is 7.46. The number of nitriles is 1. The van der Waals surface area contributed by atoms with E-state index in [0.717, 1.165) is 10.9 Å². The van der Waals surface area contributed by atoms with E-state index in [1.807, 2.05) is 12.1 Å². The Morgan fingerprint density at radius 3 is 3.07 bits per heavy atom. The monoisotopic (exact) mass is 396 g/mol. The molecule has 1 aromatic carbocycles. The maximum absolute atomic E-state index is 11.9. The van der Waals surface area contributed by atoms with Crippen molar-refractivity contribution in [3.63, 3.8) is 0 Å². The third-order valence-corrected chi connectivity index (χ3v) is 4.97. The molecule has 2 atom stereocenters. The van der Waals surface area contributed by atoms with Crippen molar-refractivity contribution in [3.8, 4) is 6.07 Å². The SMILES string of the molecule is N#CC1CCOCC1n1cc(C(N)=O)c(Nc2cnc3cc(Cl)ccc3c2)n1. The molecule has 9 heteroatoms. The fraction of sp³-hybridized carbons (Fsp3) is 0.263. The quantitative estimate of drug-likeness (QED) is 0.699. The first kappa shape index (κ1) is 18.2. The number of ether oxygens (including phenoxy) is 1. The fourth-order valence-corrected chi connectivity index (χ4v) is 3.43. The molecule has 3 aromatic rings. The Morgan fingerprint density at radius 2 is 2.29 bits per heavy atom. The number of anilines is 2. The van der Waals surface area contributed by atoms with Crippen LogP contribution in [0.4, 0.5) is 11.5 Å². The third-order valence-electron chi connectivity index (χ3n) is 4.74. The second-order valence-corrected chi connectivity index (χ2v) is 7.02.